The highest BCUT2D eigenvalue weighted by Crippen LogP contribution is 2.48. The fourth-order valence-corrected chi connectivity index (χ4v) is 4.44. The average molecular weight is 228 g/mol. The van der Waals surface area contributed by atoms with Crippen molar-refractivity contribution in [3.05, 3.63) is 0 Å². The first-order valence-corrected chi connectivity index (χ1v) is 7.14. The van der Waals surface area contributed by atoms with Crippen LogP contribution in [0.1, 0.15) is 44.9 Å². The van der Waals surface area contributed by atoms with Crippen molar-refractivity contribution in [1.82, 2.24) is 5.32 Å². The van der Waals surface area contributed by atoms with Crippen molar-refractivity contribution in [3.8, 4) is 0 Å². The zero-order valence-electron chi connectivity index (χ0n) is 9.42. The molecule has 2 heteroatoms. The molecule has 15 heavy (non-hydrogen) atoms. The molecule has 3 aliphatic rings. The Bertz CT molecular complexity index is 231. The molecule has 1 N–H and O–H groups in total. The second kappa shape index (κ2) is 4.25. The predicted octanol–water partition coefficient (Wildman–Crippen LogP) is 3.17. The van der Waals surface area contributed by atoms with Crippen molar-refractivity contribution >= 4 is 11.6 Å². The lowest BCUT2D eigenvalue weighted by atomic mass is 9.88. The van der Waals surface area contributed by atoms with Crippen LogP contribution in [-0.2, 0) is 0 Å². The number of halogens is 1. The topological polar surface area (TPSA) is 12.0 Å². The molecule has 0 aromatic carbocycles. The van der Waals surface area contributed by atoms with Crippen molar-refractivity contribution in [2.75, 3.05) is 6.54 Å². The Balaban J connectivity index is 1.46. The summed E-state index contributed by atoms with van der Waals surface area (Å²) in [4.78, 5) is 0. The minimum Gasteiger partial charge on any atom is -0.312 e. The van der Waals surface area contributed by atoms with Crippen LogP contribution in [0.4, 0.5) is 0 Å². The number of hydrogen-bond acceptors (Lipinski definition) is 1. The first-order chi connectivity index (χ1) is 7.33. The van der Waals surface area contributed by atoms with E-state index in [1.165, 1.54) is 51.5 Å². The van der Waals surface area contributed by atoms with Crippen LogP contribution in [0.15, 0.2) is 0 Å². The van der Waals surface area contributed by atoms with Crippen molar-refractivity contribution in [2.24, 2.45) is 17.8 Å². The van der Waals surface area contributed by atoms with Crippen molar-refractivity contribution in [2.45, 2.75) is 56.4 Å². The highest BCUT2D eigenvalue weighted by atomic mass is 35.5. The summed E-state index contributed by atoms with van der Waals surface area (Å²) in [6.45, 7) is 1.25. The van der Waals surface area contributed by atoms with Gasteiger partial charge in [-0.15, -0.1) is 11.6 Å². The van der Waals surface area contributed by atoms with E-state index in [9.17, 15) is 0 Å². The molecule has 0 aliphatic heterocycles. The van der Waals surface area contributed by atoms with Crippen molar-refractivity contribution < 1.29 is 0 Å². The number of fused-ring (bicyclic) bond motifs is 2. The number of nitrogens with one attached hydrogen (secondary N) is 1. The Morgan fingerprint density at radius 1 is 1.07 bits per heavy atom. The molecule has 0 spiro atoms. The van der Waals surface area contributed by atoms with Gasteiger partial charge in [0.1, 0.15) is 0 Å². The van der Waals surface area contributed by atoms with Gasteiger partial charge in [0.2, 0.25) is 0 Å². The van der Waals surface area contributed by atoms with E-state index in [-0.39, 0.29) is 0 Å². The number of hydrogen-bond donors (Lipinski definition) is 1. The van der Waals surface area contributed by atoms with Crippen LogP contribution >= 0.6 is 11.6 Å². The maximum atomic E-state index is 6.28. The molecular formula is C13H22ClN. The van der Waals surface area contributed by atoms with E-state index in [0.717, 1.165) is 17.8 Å². The molecule has 0 aromatic heterocycles. The monoisotopic (exact) mass is 227 g/mol. The van der Waals surface area contributed by atoms with Gasteiger partial charge in [-0.1, -0.05) is 12.8 Å². The molecule has 0 radical (unpaired) electrons. The average Bonchev–Trinajstić information content (AvgIpc) is 2.90. The van der Waals surface area contributed by atoms with E-state index in [4.69, 9.17) is 11.6 Å². The first kappa shape index (κ1) is 10.4. The lowest BCUT2D eigenvalue weighted by molar-refractivity contribution is 0.306. The molecule has 0 aromatic rings. The molecule has 3 saturated carbocycles. The van der Waals surface area contributed by atoms with E-state index in [2.05, 4.69) is 5.32 Å². The minimum atomic E-state index is 0.406. The maximum absolute atomic E-state index is 6.28. The summed E-state index contributed by atoms with van der Waals surface area (Å²) in [7, 11) is 0. The van der Waals surface area contributed by atoms with Crippen LogP contribution in [0.5, 0.6) is 0 Å². The Kier molecular flexibility index (Phi) is 2.95. The molecule has 0 saturated heterocycles. The van der Waals surface area contributed by atoms with E-state index < -0.39 is 0 Å². The van der Waals surface area contributed by atoms with Crippen molar-refractivity contribution in [1.29, 1.82) is 0 Å². The molecule has 5 unspecified atom stereocenters. The predicted molar refractivity (Wildman–Crippen MR) is 64.2 cm³/mol. The van der Waals surface area contributed by atoms with Gasteiger partial charge in [-0.2, -0.15) is 0 Å². The lowest BCUT2D eigenvalue weighted by Gasteiger charge is -2.25. The SMILES string of the molecule is ClC1CCCC1NCC1CC2CCC1C2. The molecular weight excluding hydrogens is 206 g/mol. The Hall–Kier alpha value is 0.250. The normalized spacial score (nSPS) is 49.0. The van der Waals surface area contributed by atoms with E-state index >= 15 is 0 Å². The zero-order chi connectivity index (χ0) is 10.3. The highest BCUT2D eigenvalue weighted by molar-refractivity contribution is 6.21. The molecule has 0 heterocycles. The number of alkyl halides is 1. The van der Waals surface area contributed by atoms with E-state index in [1.54, 1.807) is 0 Å². The fraction of sp³-hybridized carbons (Fsp3) is 1.00. The van der Waals surface area contributed by atoms with Gasteiger partial charge in [0.25, 0.3) is 0 Å². The standard InChI is InChI=1S/C13H22ClN/c14-12-2-1-3-13(12)15-8-11-7-9-4-5-10(11)6-9/h9-13,15H,1-8H2. The van der Waals surface area contributed by atoms with Gasteiger partial charge in [-0.25, -0.2) is 0 Å². The molecule has 5 atom stereocenters. The van der Waals surface area contributed by atoms with Crippen LogP contribution in [0, 0.1) is 17.8 Å². The van der Waals surface area contributed by atoms with Crippen LogP contribution < -0.4 is 5.32 Å². The third kappa shape index (κ3) is 2.06. The molecule has 3 aliphatic carbocycles. The van der Waals surface area contributed by atoms with E-state index in [0.29, 0.717) is 11.4 Å². The molecule has 1 nitrogen and oxygen atoms in total. The first-order valence-electron chi connectivity index (χ1n) is 6.70. The molecule has 3 rings (SSSR count). The van der Waals surface area contributed by atoms with E-state index in [1.807, 2.05) is 0 Å². The summed E-state index contributed by atoms with van der Waals surface area (Å²) >= 11 is 6.28. The Labute approximate surface area is 98.0 Å². The highest BCUT2D eigenvalue weighted by Gasteiger charge is 2.39. The maximum Gasteiger partial charge on any atom is 0.0489 e. The second-order valence-corrected chi connectivity index (χ2v) is 6.46. The smallest absolute Gasteiger partial charge is 0.0489 e. The molecule has 0 amide bonds. The van der Waals surface area contributed by atoms with Crippen LogP contribution in [-0.4, -0.2) is 18.0 Å². The van der Waals surface area contributed by atoms with Gasteiger partial charge < -0.3 is 5.32 Å². The van der Waals surface area contributed by atoms with Gasteiger partial charge in [0.05, 0.1) is 0 Å². The summed E-state index contributed by atoms with van der Waals surface area (Å²) < 4.78 is 0. The van der Waals surface area contributed by atoms with Gasteiger partial charge in [-0.05, 0) is 56.4 Å². The molecule has 86 valence electrons. The van der Waals surface area contributed by atoms with Crippen LogP contribution in [0.25, 0.3) is 0 Å². The third-order valence-corrected chi connectivity index (χ3v) is 5.48. The third-order valence-electron chi connectivity index (χ3n) is 4.96. The summed E-state index contributed by atoms with van der Waals surface area (Å²) in [5.41, 5.74) is 0. The van der Waals surface area contributed by atoms with Gasteiger partial charge >= 0.3 is 0 Å². The molecule has 2 bridgehead atoms. The minimum absolute atomic E-state index is 0.406. The van der Waals surface area contributed by atoms with Gasteiger partial charge in [0, 0.05) is 11.4 Å². The quantitative estimate of drug-likeness (QED) is 0.731. The zero-order valence-corrected chi connectivity index (χ0v) is 10.2. The fourth-order valence-electron chi connectivity index (χ4n) is 4.07. The summed E-state index contributed by atoms with van der Waals surface area (Å²) in [5.74, 6) is 3.11. The van der Waals surface area contributed by atoms with Gasteiger partial charge in [-0.3, -0.25) is 0 Å². The summed E-state index contributed by atoms with van der Waals surface area (Å²) in [6.07, 6.45) is 9.89. The van der Waals surface area contributed by atoms with Gasteiger partial charge in [0.15, 0.2) is 0 Å². The Morgan fingerprint density at radius 2 is 2.00 bits per heavy atom. The van der Waals surface area contributed by atoms with Crippen LogP contribution in [0.3, 0.4) is 0 Å². The largest absolute Gasteiger partial charge is 0.312 e. The number of rotatable bonds is 3. The van der Waals surface area contributed by atoms with Crippen LogP contribution in [0.2, 0.25) is 0 Å². The summed E-state index contributed by atoms with van der Waals surface area (Å²) in [6, 6.07) is 0.616. The Morgan fingerprint density at radius 3 is 2.60 bits per heavy atom. The molecule has 3 fully saturated rings. The second-order valence-electron chi connectivity index (χ2n) is 5.90. The van der Waals surface area contributed by atoms with Crippen molar-refractivity contribution in [3.63, 3.8) is 0 Å². The summed E-state index contributed by atoms with van der Waals surface area (Å²) in [5, 5.41) is 4.13. The lowest BCUT2D eigenvalue weighted by Crippen LogP contribution is -2.37.